The van der Waals surface area contributed by atoms with Crippen molar-refractivity contribution in [3.63, 3.8) is 0 Å². The van der Waals surface area contributed by atoms with E-state index in [-0.39, 0.29) is 40.9 Å². The van der Waals surface area contributed by atoms with Gasteiger partial charge < -0.3 is 5.11 Å². The molecule has 0 aromatic rings. The van der Waals surface area contributed by atoms with Crippen molar-refractivity contribution < 1.29 is 14.3 Å². The summed E-state index contributed by atoms with van der Waals surface area (Å²) >= 11 is 0. The molecule has 0 saturated heterocycles. The first-order valence-corrected chi connectivity index (χ1v) is 4.60. The van der Waals surface area contributed by atoms with Crippen LogP contribution in [-0.4, -0.2) is 16.7 Å². The van der Waals surface area contributed by atoms with Gasteiger partial charge in [-0.3, -0.25) is 4.79 Å². The fourth-order valence-electron chi connectivity index (χ4n) is 5.82. The lowest BCUT2D eigenvalue weighted by Crippen LogP contribution is -3.12. The van der Waals surface area contributed by atoms with Crippen molar-refractivity contribution in [2.24, 2.45) is 40.9 Å². The molecule has 6 fully saturated rings. The summed E-state index contributed by atoms with van der Waals surface area (Å²) in [6.45, 7) is 0. The van der Waals surface area contributed by atoms with Crippen LogP contribution in [0, 0.1) is 40.9 Å². The molecule has 1 N–H and O–H groups in total. The highest BCUT2D eigenvalue weighted by Crippen LogP contribution is 3.07. The molecule has 62 valence electrons. The maximum atomic E-state index is 13.7. The summed E-state index contributed by atoms with van der Waals surface area (Å²) < 4.78 is 13.7. The fraction of sp³-hybridized carbons (Fsp3) is 0.889. The van der Waals surface area contributed by atoms with Crippen molar-refractivity contribution in [1.82, 2.24) is 0 Å². The van der Waals surface area contributed by atoms with Crippen LogP contribution >= 0.6 is 0 Å². The summed E-state index contributed by atoms with van der Waals surface area (Å²) in [6.07, 6.45) is 0. The Balaban J connectivity index is 1.75. The highest BCUT2D eigenvalue weighted by Gasteiger charge is 3.13. The quantitative estimate of drug-likeness (QED) is 0.617. The fourth-order valence-corrected chi connectivity index (χ4v) is 5.82. The van der Waals surface area contributed by atoms with Crippen LogP contribution in [0.4, 0.5) is 4.39 Å². The molecule has 12 heavy (non-hydrogen) atoms. The maximum Gasteiger partial charge on any atom is 0.310 e. The van der Waals surface area contributed by atoms with Gasteiger partial charge in [-0.15, -0.1) is 0 Å². The van der Waals surface area contributed by atoms with E-state index in [1.54, 1.807) is 0 Å². The number of carbonyl (C=O) groups is 1. The van der Waals surface area contributed by atoms with Crippen molar-refractivity contribution in [3.05, 3.63) is 0 Å². The van der Waals surface area contributed by atoms with E-state index in [9.17, 15) is 9.18 Å². The van der Waals surface area contributed by atoms with Crippen molar-refractivity contribution in [3.8, 4) is 0 Å². The first kappa shape index (κ1) is 5.20. The molecule has 0 bridgehead atoms. The van der Waals surface area contributed by atoms with Crippen molar-refractivity contribution in [1.29, 1.82) is 0 Å². The van der Waals surface area contributed by atoms with Gasteiger partial charge in [-0.05, 0) is 17.8 Å². The smallest absolute Gasteiger partial charge is 0.310 e. The normalized spacial score (nSPS) is 88.1. The van der Waals surface area contributed by atoms with Gasteiger partial charge in [-0.2, -0.15) is 0 Å². The van der Waals surface area contributed by atoms with E-state index in [4.69, 9.17) is 5.11 Å². The highest BCUT2D eigenvalue weighted by molar-refractivity contribution is 5.87. The Morgan fingerprint density at radius 1 is 1.08 bits per heavy atom. The number of rotatable bonds is 1. The topological polar surface area (TPSA) is 37.3 Å². The van der Waals surface area contributed by atoms with Gasteiger partial charge in [0.05, 0.1) is 5.41 Å². The number of aliphatic carboxylic acids is 1. The van der Waals surface area contributed by atoms with Gasteiger partial charge >= 0.3 is 5.97 Å². The van der Waals surface area contributed by atoms with Gasteiger partial charge in [-0.1, -0.05) is 0 Å². The Bertz CT molecular complexity index is 321. The zero-order valence-corrected chi connectivity index (χ0v) is 6.20. The highest BCUT2D eigenvalue weighted by atomic mass is 19.1. The Morgan fingerprint density at radius 2 is 1.50 bits per heavy atom. The van der Waals surface area contributed by atoms with Crippen molar-refractivity contribution in [2.75, 3.05) is 0 Å². The van der Waals surface area contributed by atoms with E-state index >= 15 is 0 Å². The summed E-state index contributed by atoms with van der Waals surface area (Å²) in [4.78, 5) is 11.0. The van der Waals surface area contributed by atoms with E-state index in [1.807, 2.05) is 0 Å². The molecular weight excluding hydrogens is 159 g/mol. The number of carboxylic acids is 1. The summed E-state index contributed by atoms with van der Waals surface area (Å²) in [5, 5.41) is 9.03. The third-order valence-corrected chi connectivity index (χ3v) is 5.88. The third-order valence-electron chi connectivity index (χ3n) is 5.88. The molecule has 0 heterocycles. The summed E-state index contributed by atoms with van der Waals surface area (Å²) in [7, 11) is 0. The van der Waals surface area contributed by atoms with Gasteiger partial charge in [0.25, 0.3) is 0 Å². The molecule has 6 aliphatic rings. The molecule has 0 aliphatic heterocycles. The minimum absolute atomic E-state index is 0.189. The van der Waals surface area contributed by atoms with Crippen LogP contribution < -0.4 is 0 Å². The van der Waals surface area contributed by atoms with Gasteiger partial charge in [0.1, 0.15) is 5.67 Å². The van der Waals surface area contributed by atoms with Crippen LogP contribution in [-0.2, 0) is 4.79 Å². The number of alkyl halides is 1. The lowest BCUT2D eigenvalue weighted by atomic mass is 8.95. The molecule has 0 aromatic carbocycles. The summed E-state index contributed by atoms with van der Waals surface area (Å²) in [5.74, 6) is 0.726. The SMILES string of the molecule is O=C(O)C12C3C4C1C1C2C3C41F. The lowest BCUT2D eigenvalue weighted by molar-refractivity contribution is -0.633. The molecule has 0 spiro atoms. The molecule has 0 unspecified atom stereocenters. The van der Waals surface area contributed by atoms with Gasteiger partial charge in [0, 0.05) is 17.8 Å². The maximum absolute atomic E-state index is 13.7. The average Bonchev–Trinajstić information content (AvgIpc) is 2.04. The predicted octanol–water partition coefficient (Wildman–Crippen LogP) is 0.531. The number of carboxylic acid groups (broad SMARTS) is 1. The predicted molar refractivity (Wildman–Crippen MR) is 34.8 cm³/mol. The third kappa shape index (κ3) is 0.155. The zero-order valence-electron chi connectivity index (χ0n) is 6.20. The number of hydrogen-bond donors (Lipinski definition) is 1. The lowest BCUT2D eigenvalue weighted by Gasteiger charge is -3.07. The Kier molecular flexibility index (Phi) is 0.379. The largest absolute Gasteiger partial charge is 0.481 e. The molecular formula is C9H7FO2. The molecule has 6 rings (SSSR count). The molecule has 0 radical (unpaired) electrons. The second-order valence-corrected chi connectivity index (χ2v) is 5.22. The Labute approximate surface area is 67.8 Å². The summed E-state index contributed by atoms with van der Waals surface area (Å²) in [5.41, 5.74) is -1.22. The van der Waals surface area contributed by atoms with Crippen LogP contribution in [0.2, 0.25) is 0 Å². The van der Waals surface area contributed by atoms with E-state index in [0.29, 0.717) is 0 Å². The first-order chi connectivity index (χ1) is 5.68. The minimum atomic E-state index is -0.836. The van der Waals surface area contributed by atoms with Crippen LogP contribution in [0.1, 0.15) is 0 Å². The average molecular weight is 166 g/mol. The molecule has 0 aromatic heterocycles. The standard InChI is InChI=1S/C9H7FO2/c10-9-4-1-5(9)3-6(9)2(4)8(1,3)7(11)12/h1-6H,(H,11,12). The number of halogens is 1. The van der Waals surface area contributed by atoms with Crippen molar-refractivity contribution in [2.45, 2.75) is 5.67 Å². The second-order valence-electron chi connectivity index (χ2n) is 5.22. The van der Waals surface area contributed by atoms with E-state index in [1.165, 1.54) is 0 Å². The van der Waals surface area contributed by atoms with E-state index in [2.05, 4.69) is 0 Å². The van der Waals surface area contributed by atoms with Gasteiger partial charge in [-0.25, -0.2) is 4.39 Å². The molecule has 3 heteroatoms. The van der Waals surface area contributed by atoms with Gasteiger partial charge in [0.15, 0.2) is 0 Å². The zero-order chi connectivity index (χ0) is 8.04. The van der Waals surface area contributed by atoms with E-state index < -0.39 is 11.6 Å². The van der Waals surface area contributed by atoms with E-state index in [0.717, 1.165) is 0 Å². The molecule has 0 atom stereocenters. The van der Waals surface area contributed by atoms with Crippen molar-refractivity contribution >= 4 is 5.97 Å². The Morgan fingerprint density at radius 3 is 1.83 bits per heavy atom. The minimum Gasteiger partial charge on any atom is -0.481 e. The second kappa shape index (κ2) is 0.875. The van der Waals surface area contributed by atoms with Gasteiger partial charge in [0.2, 0.25) is 0 Å². The molecule has 0 amide bonds. The molecule has 2 nitrogen and oxygen atoms in total. The molecule has 6 saturated carbocycles. The van der Waals surface area contributed by atoms with Crippen LogP contribution in [0.25, 0.3) is 0 Å². The molecule has 6 aliphatic carbocycles. The summed E-state index contributed by atoms with van der Waals surface area (Å²) in [6, 6.07) is 0. The monoisotopic (exact) mass is 166 g/mol. The van der Waals surface area contributed by atoms with Crippen LogP contribution in [0.5, 0.6) is 0 Å². The Hall–Kier alpha value is -0.600. The van der Waals surface area contributed by atoms with Crippen LogP contribution in [0.3, 0.4) is 0 Å². The van der Waals surface area contributed by atoms with Crippen LogP contribution in [0.15, 0.2) is 0 Å². The number of hydrogen-bond acceptors (Lipinski definition) is 1. The first-order valence-electron chi connectivity index (χ1n) is 4.60.